The third-order valence-corrected chi connectivity index (χ3v) is 6.23. The summed E-state index contributed by atoms with van der Waals surface area (Å²) in [5.74, 6) is 0. The van der Waals surface area contributed by atoms with E-state index in [1.54, 1.807) is 6.07 Å². The van der Waals surface area contributed by atoms with E-state index in [2.05, 4.69) is 20.9 Å². The lowest BCUT2D eigenvalue weighted by Gasteiger charge is -2.25. The van der Waals surface area contributed by atoms with Crippen LogP contribution in [0.4, 0.5) is 0 Å². The highest BCUT2D eigenvalue weighted by Crippen LogP contribution is 2.31. The molecule has 0 aromatic heterocycles. The molecule has 5 nitrogen and oxygen atoms in total. The van der Waals surface area contributed by atoms with Gasteiger partial charge in [0.15, 0.2) is 0 Å². The van der Waals surface area contributed by atoms with Gasteiger partial charge in [-0.1, -0.05) is 34.0 Å². The first-order chi connectivity index (χ1) is 9.96. The Morgan fingerprint density at radius 2 is 2.10 bits per heavy atom. The van der Waals surface area contributed by atoms with Crippen molar-refractivity contribution in [2.75, 3.05) is 6.54 Å². The van der Waals surface area contributed by atoms with E-state index in [1.807, 2.05) is 0 Å². The Balaban J connectivity index is 2.46. The summed E-state index contributed by atoms with van der Waals surface area (Å²) < 4.78 is 27.5. The highest BCUT2D eigenvalue weighted by Gasteiger charge is 2.33. The Labute approximate surface area is 137 Å². The second-order valence-electron chi connectivity index (χ2n) is 4.74. The lowest BCUT2D eigenvalue weighted by Crippen LogP contribution is -2.39. The van der Waals surface area contributed by atoms with Gasteiger partial charge in [-0.15, -0.1) is 0 Å². The molecule has 0 saturated carbocycles. The number of sulfonamides is 1. The van der Waals surface area contributed by atoms with Crippen LogP contribution in [0.5, 0.6) is 0 Å². The third kappa shape index (κ3) is 3.73. The number of carbonyl (C=O) groups excluding carboxylic acids is 1. The topological polar surface area (TPSA) is 66.8 Å². The molecule has 8 heteroatoms. The van der Waals surface area contributed by atoms with Crippen molar-refractivity contribution in [3.05, 3.63) is 27.7 Å². The van der Waals surface area contributed by atoms with E-state index in [0.29, 0.717) is 17.4 Å². The molecule has 21 heavy (non-hydrogen) atoms. The highest BCUT2D eigenvalue weighted by molar-refractivity contribution is 9.10. The van der Waals surface area contributed by atoms with Crippen LogP contribution in [0, 0.1) is 0 Å². The van der Waals surface area contributed by atoms with Crippen molar-refractivity contribution in [2.24, 2.45) is 4.99 Å². The molecule has 0 radical (unpaired) electrons. The van der Waals surface area contributed by atoms with E-state index in [4.69, 9.17) is 11.6 Å². The zero-order chi connectivity index (χ0) is 15.5. The van der Waals surface area contributed by atoms with Crippen molar-refractivity contribution in [1.82, 2.24) is 4.31 Å². The summed E-state index contributed by atoms with van der Waals surface area (Å²) in [5.41, 5.74) is 0. The average molecular weight is 394 g/mol. The predicted octanol–water partition coefficient (Wildman–Crippen LogP) is 3.33. The van der Waals surface area contributed by atoms with Crippen molar-refractivity contribution in [2.45, 2.75) is 36.7 Å². The molecule has 1 aliphatic rings. The summed E-state index contributed by atoms with van der Waals surface area (Å²) in [5, 5.41) is 0.141. The summed E-state index contributed by atoms with van der Waals surface area (Å²) in [6, 6.07) is 4.60. The van der Waals surface area contributed by atoms with Crippen LogP contribution in [0.25, 0.3) is 0 Å². The van der Waals surface area contributed by atoms with Gasteiger partial charge in [0.05, 0.1) is 5.02 Å². The maximum atomic E-state index is 12.8. The van der Waals surface area contributed by atoms with E-state index in [9.17, 15) is 13.2 Å². The van der Waals surface area contributed by atoms with Crippen LogP contribution in [0.1, 0.15) is 25.7 Å². The van der Waals surface area contributed by atoms with Gasteiger partial charge in [0.1, 0.15) is 11.1 Å². The molecule has 1 fully saturated rings. The van der Waals surface area contributed by atoms with Gasteiger partial charge in [-0.2, -0.15) is 9.30 Å². The molecule has 0 amide bonds. The van der Waals surface area contributed by atoms with Gasteiger partial charge in [-0.25, -0.2) is 13.2 Å². The van der Waals surface area contributed by atoms with Gasteiger partial charge in [-0.3, -0.25) is 0 Å². The third-order valence-electron chi connectivity index (χ3n) is 3.36. The molecule has 0 bridgehead atoms. The van der Waals surface area contributed by atoms with Crippen LogP contribution in [0.15, 0.2) is 32.6 Å². The molecule has 1 aromatic carbocycles. The number of isocyanates is 1. The quantitative estimate of drug-likeness (QED) is 0.584. The Morgan fingerprint density at radius 3 is 2.76 bits per heavy atom. The molecule has 1 aliphatic heterocycles. The maximum absolute atomic E-state index is 12.8. The van der Waals surface area contributed by atoms with Crippen molar-refractivity contribution in [3.63, 3.8) is 0 Å². The first-order valence-corrected chi connectivity index (χ1v) is 9.12. The van der Waals surface area contributed by atoms with Crippen LogP contribution < -0.4 is 0 Å². The smallest absolute Gasteiger partial charge is 0.211 e. The Kier molecular flexibility index (Phi) is 5.57. The molecule has 0 N–H and O–H groups in total. The summed E-state index contributed by atoms with van der Waals surface area (Å²) in [6.45, 7) is 0.324. The van der Waals surface area contributed by atoms with E-state index in [0.717, 1.165) is 19.3 Å². The van der Waals surface area contributed by atoms with Crippen LogP contribution in [-0.2, 0) is 14.8 Å². The molecule has 1 unspecified atom stereocenters. The van der Waals surface area contributed by atoms with Gasteiger partial charge in [0.25, 0.3) is 0 Å². The Bertz CT molecular complexity index is 674. The van der Waals surface area contributed by atoms with E-state index >= 15 is 0 Å². The van der Waals surface area contributed by atoms with Crippen LogP contribution in [-0.4, -0.2) is 31.5 Å². The summed E-state index contributed by atoms with van der Waals surface area (Å²) in [7, 11) is -3.80. The van der Waals surface area contributed by atoms with E-state index in [-0.39, 0.29) is 9.92 Å². The SMILES string of the molecule is O=C=NC1CCCCCN1S(=O)(=O)c1ccc(Br)cc1Cl. The Hall–Kier alpha value is -0.720. The lowest BCUT2D eigenvalue weighted by atomic mass is 10.2. The molecule has 1 atom stereocenters. The number of hydrogen-bond acceptors (Lipinski definition) is 4. The second kappa shape index (κ2) is 7.03. The lowest BCUT2D eigenvalue weighted by molar-refractivity contribution is 0.330. The summed E-state index contributed by atoms with van der Waals surface area (Å²) in [4.78, 5) is 14.2. The minimum absolute atomic E-state index is 0.0281. The number of rotatable bonds is 3. The van der Waals surface area contributed by atoms with Crippen molar-refractivity contribution in [1.29, 1.82) is 0 Å². The second-order valence-corrected chi connectivity index (χ2v) is 7.92. The van der Waals surface area contributed by atoms with Gasteiger partial charge in [-0.05, 0) is 37.5 Å². The molecule has 1 heterocycles. The van der Waals surface area contributed by atoms with Gasteiger partial charge in [0.2, 0.25) is 16.1 Å². The predicted molar refractivity (Wildman–Crippen MR) is 83.4 cm³/mol. The standard InChI is InChI=1S/C13H14BrClN2O3S/c14-10-5-6-12(11(15)8-10)21(19,20)17-7-3-1-2-4-13(17)16-9-18/h5-6,8,13H,1-4,7H2. The molecular formula is C13H14BrClN2O3S. The minimum Gasteiger partial charge on any atom is -0.211 e. The molecule has 0 aliphatic carbocycles. The zero-order valence-electron chi connectivity index (χ0n) is 11.1. The molecule has 1 aromatic rings. The average Bonchev–Trinajstić information content (AvgIpc) is 2.64. The van der Waals surface area contributed by atoms with Gasteiger partial charge in [0, 0.05) is 11.0 Å². The molecular weight excluding hydrogens is 380 g/mol. The molecule has 0 spiro atoms. The first-order valence-electron chi connectivity index (χ1n) is 6.50. The minimum atomic E-state index is -3.80. The van der Waals surface area contributed by atoms with Crippen molar-refractivity contribution in [3.8, 4) is 0 Å². The molecule has 2 rings (SSSR count). The summed E-state index contributed by atoms with van der Waals surface area (Å²) >= 11 is 9.30. The van der Waals surface area contributed by atoms with Crippen LogP contribution in [0.3, 0.4) is 0 Å². The van der Waals surface area contributed by atoms with E-state index in [1.165, 1.54) is 22.5 Å². The van der Waals surface area contributed by atoms with Gasteiger partial charge < -0.3 is 0 Å². The molecule has 1 saturated heterocycles. The van der Waals surface area contributed by atoms with Crippen LogP contribution in [0.2, 0.25) is 5.02 Å². The highest BCUT2D eigenvalue weighted by atomic mass is 79.9. The van der Waals surface area contributed by atoms with E-state index < -0.39 is 16.2 Å². The summed E-state index contributed by atoms with van der Waals surface area (Å²) in [6.07, 6.45) is 3.76. The monoisotopic (exact) mass is 392 g/mol. The number of halogens is 2. The van der Waals surface area contributed by atoms with Gasteiger partial charge >= 0.3 is 0 Å². The number of nitrogens with zero attached hydrogens (tertiary/aromatic N) is 2. The number of benzene rings is 1. The number of hydrogen-bond donors (Lipinski definition) is 0. The number of aliphatic imine (C=N–C) groups is 1. The normalized spacial score (nSPS) is 20.6. The zero-order valence-corrected chi connectivity index (χ0v) is 14.3. The fourth-order valence-corrected chi connectivity index (χ4v) is 4.95. The first kappa shape index (κ1) is 16.6. The van der Waals surface area contributed by atoms with Crippen LogP contribution >= 0.6 is 27.5 Å². The Morgan fingerprint density at radius 1 is 1.33 bits per heavy atom. The maximum Gasteiger partial charge on any atom is 0.246 e. The largest absolute Gasteiger partial charge is 0.246 e. The van der Waals surface area contributed by atoms with Crippen molar-refractivity contribution < 1.29 is 13.2 Å². The fourth-order valence-electron chi connectivity index (χ4n) is 2.35. The fraction of sp³-hybridized carbons (Fsp3) is 0.462. The molecule has 114 valence electrons. The van der Waals surface area contributed by atoms with Crippen molar-refractivity contribution >= 4 is 43.6 Å².